The third-order valence-corrected chi connectivity index (χ3v) is 11.9. The van der Waals surface area contributed by atoms with Crippen molar-refractivity contribution in [1.29, 1.82) is 0 Å². The van der Waals surface area contributed by atoms with Gasteiger partial charge in [0, 0.05) is 54.3 Å². The van der Waals surface area contributed by atoms with Gasteiger partial charge in [-0.15, -0.1) is 0 Å². The molecule has 45 heavy (non-hydrogen) atoms. The number of ether oxygens (including phenoxy) is 2. The smallest absolute Gasteiger partial charge is 0.331 e. The van der Waals surface area contributed by atoms with E-state index >= 15 is 0 Å². The molecule has 0 aromatic rings. The molecule has 260 valence electrons. The molecular formula is C37H67N3O5. The molecule has 8 heteroatoms. The van der Waals surface area contributed by atoms with Crippen LogP contribution >= 0.6 is 0 Å². The van der Waals surface area contributed by atoms with E-state index in [4.69, 9.17) is 9.47 Å². The van der Waals surface area contributed by atoms with Crippen molar-refractivity contribution in [3.63, 3.8) is 0 Å². The minimum absolute atomic E-state index is 0.162. The molecule has 2 aliphatic heterocycles. The molecule has 3 aliphatic rings. The summed E-state index contributed by atoms with van der Waals surface area (Å²) in [6.07, 6.45) is 9.15. The average molecular weight is 634 g/mol. The van der Waals surface area contributed by atoms with Gasteiger partial charge in [-0.1, -0.05) is 32.1 Å². The van der Waals surface area contributed by atoms with Crippen molar-refractivity contribution < 1.29 is 23.9 Å². The molecule has 1 aliphatic carbocycles. The number of carbonyl (C=O) groups excluding carboxylic acids is 3. The number of hydrogen-bond donors (Lipinski definition) is 0. The number of esters is 2. The first-order chi connectivity index (χ1) is 20.3. The molecule has 3 rings (SSSR count). The molecule has 0 unspecified atom stereocenters. The van der Waals surface area contributed by atoms with E-state index in [9.17, 15) is 14.4 Å². The Morgan fingerprint density at radius 3 is 1.31 bits per heavy atom. The largest absolute Gasteiger partial charge is 0.461 e. The van der Waals surface area contributed by atoms with Crippen LogP contribution in [0.5, 0.6) is 0 Å². The van der Waals surface area contributed by atoms with E-state index in [1.54, 1.807) is 27.7 Å². The first-order valence-corrected chi connectivity index (χ1v) is 17.6. The number of piperidine rings is 2. The van der Waals surface area contributed by atoms with Crippen LogP contribution in [0.1, 0.15) is 154 Å². The van der Waals surface area contributed by atoms with Gasteiger partial charge in [0.05, 0.1) is 0 Å². The van der Waals surface area contributed by atoms with Gasteiger partial charge in [-0.05, 0) is 110 Å². The van der Waals surface area contributed by atoms with Crippen molar-refractivity contribution in [2.24, 2.45) is 5.92 Å². The minimum atomic E-state index is -1.38. The molecule has 0 N–H and O–H groups in total. The van der Waals surface area contributed by atoms with Crippen molar-refractivity contribution in [3.8, 4) is 0 Å². The Morgan fingerprint density at radius 2 is 0.978 bits per heavy atom. The van der Waals surface area contributed by atoms with Crippen LogP contribution in [0, 0.1) is 5.92 Å². The quantitative estimate of drug-likeness (QED) is 0.250. The molecule has 8 nitrogen and oxygen atoms in total. The standard InChI is InChI=1S/C37H67N3O5/c1-32(2)22-27(23-33(3,4)38(32)13)44-30(42)36(9,10)40(29(41)21-20-26-18-16-15-17-19-26)37(11,12)31(43)45-28-24-34(5,6)39(14)35(7,8)25-28/h26-28H,15-25H2,1-14H3. The fourth-order valence-electron chi connectivity index (χ4n) is 8.74. The van der Waals surface area contributed by atoms with Crippen LogP contribution in [0.15, 0.2) is 0 Å². The summed E-state index contributed by atoms with van der Waals surface area (Å²) < 4.78 is 12.6. The third kappa shape index (κ3) is 8.25. The first kappa shape index (κ1) is 37.8. The van der Waals surface area contributed by atoms with Crippen LogP contribution in [-0.4, -0.2) is 92.1 Å². The summed E-state index contributed by atoms with van der Waals surface area (Å²) in [7, 11) is 4.24. The normalized spacial score (nSPS) is 25.0. The highest BCUT2D eigenvalue weighted by Crippen LogP contribution is 2.41. The second-order valence-corrected chi connectivity index (χ2v) is 18.1. The van der Waals surface area contributed by atoms with Crippen LogP contribution < -0.4 is 0 Å². The lowest BCUT2D eigenvalue weighted by molar-refractivity contribution is -0.189. The predicted molar refractivity (Wildman–Crippen MR) is 181 cm³/mol. The summed E-state index contributed by atoms with van der Waals surface area (Å²) in [5, 5.41) is 0. The highest BCUT2D eigenvalue weighted by atomic mass is 16.6. The Morgan fingerprint density at radius 1 is 0.644 bits per heavy atom. The topological polar surface area (TPSA) is 79.4 Å². The summed E-state index contributed by atoms with van der Waals surface area (Å²) in [5.74, 6) is -0.645. The highest BCUT2D eigenvalue weighted by molar-refractivity contribution is 5.93. The van der Waals surface area contributed by atoms with Crippen LogP contribution in [0.4, 0.5) is 0 Å². The van der Waals surface area contributed by atoms with Crippen LogP contribution in [-0.2, 0) is 23.9 Å². The third-order valence-electron chi connectivity index (χ3n) is 11.9. The molecule has 1 amide bonds. The molecule has 2 heterocycles. The number of likely N-dealkylation sites (tertiary alicyclic amines) is 2. The van der Waals surface area contributed by atoms with Crippen LogP contribution in [0.2, 0.25) is 0 Å². The molecule has 0 bridgehead atoms. The second-order valence-electron chi connectivity index (χ2n) is 18.1. The SMILES string of the molecule is CN1C(C)(C)CC(OC(=O)C(C)(C)N(C(=O)CCC2CCCCC2)C(C)(C)C(=O)OC2CC(C)(C)N(C)C(C)(C)C2)CC1(C)C. The first-order valence-electron chi connectivity index (χ1n) is 17.6. The summed E-state index contributed by atoms with van der Waals surface area (Å²) >= 11 is 0. The van der Waals surface area contributed by atoms with Gasteiger partial charge in [0.1, 0.15) is 23.3 Å². The van der Waals surface area contributed by atoms with Crippen LogP contribution in [0.3, 0.4) is 0 Å². The van der Waals surface area contributed by atoms with E-state index in [1.165, 1.54) is 24.2 Å². The number of carbonyl (C=O) groups is 3. The molecule has 0 radical (unpaired) electrons. The zero-order valence-electron chi connectivity index (χ0n) is 31.4. The zero-order valence-corrected chi connectivity index (χ0v) is 31.4. The van der Waals surface area contributed by atoms with Gasteiger partial charge in [-0.3, -0.25) is 14.6 Å². The fourth-order valence-corrected chi connectivity index (χ4v) is 8.74. The molecule has 0 atom stereocenters. The average Bonchev–Trinajstić information content (AvgIpc) is 2.88. The molecule has 3 fully saturated rings. The Balaban J connectivity index is 1.88. The van der Waals surface area contributed by atoms with Crippen molar-refractivity contribution in [2.45, 2.75) is 199 Å². The number of nitrogens with zero attached hydrogens (tertiary/aromatic N) is 3. The maximum atomic E-state index is 14.3. The van der Waals surface area contributed by atoms with Crippen molar-refractivity contribution in [1.82, 2.24) is 14.7 Å². The van der Waals surface area contributed by atoms with Crippen LogP contribution in [0.25, 0.3) is 0 Å². The van der Waals surface area contributed by atoms with E-state index in [0.29, 0.717) is 38.0 Å². The van der Waals surface area contributed by atoms with Gasteiger partial charge in [0.2, 0.25) is 5.91 Å². The molecular weight excluding hydrogens is 566 g/mol. The summed E-state index contributed by atoms with van der Waals surface area (Å²) in [5.41, 5.74) is -3.41. The number of rotatable bonds is 9. The van der Waals surface area contributed by atoms with E-state index in [2.05, 4.69) is 79.3 Å². The Labute approximate surface area is 275 Å². The molecule has 0 aromatic carbocycles. The molecule has 0 aromatic heterocycles. The summed E-state index contributed by atoms with van der Waals surface area (Å²) in [6, 6.07) is 0. The van der Waals surface area contributed by atoms with E-state index in [0.717, 1.165) is 19.3 Å². The van der Waals surface area contributed by atoms with E-state index in [-0.39, 0.29) is 40.3 Å². The Hall–Kier alpha value is -1.67. The monoisotopic (exact) mass is 634 g/mol. The molecule has 2 saturated heterocycles. The molecule has 1 saturated carbocycles. The van der Waals surface area contributed by atoms with Crippen molar-refractivity contribution in [2.75, 3.05) is 14.1 Å². The van der Waals surface area contributed by atoms with E-state index in [1.807, 2.05) is 0 Å². The minimum Gasteiger partial charge on any atom is -0.461 e. The highest BCUT2D eigenvalue weighted by Gasteiger charge is 2.54. The van der Waals surface area contributed by atoms with Gasteiger partial charge in [-0.2, -0.15) is 0 Å². The number of amides is 1. The predicted octanol–water partition coefficient (Wildman–Crippen LogP) is 7.12. The van der Waals surface area contributed by atoms with Gasteiger partial charge < -0.3 is 14.4 Å². The number of hydrogen-bond acceptors (Lipinski definition) is 7. The Bertz CT molecular complexity index is 982. The second kappa shape index (κ2) is 13.1. The Kier molecular flexibility index (Phi) is 11.0. The maximum Gasteiger partial charge on any atom is 0.331 e. The lowest BCUT2D eigenvalue weighted by atomic mass is 9.78. The van der Waals surface area contributed by atoms with Gasteiger partial charge >= 0.3 is 11.9 Å². The van der Waals surface area contributed by atoms with Gasteiger partial charge in [0.25, 0.3) is 0 Å². The van der Waals surface area contributed by atoms with Crippen molar-refractivity contribution >= 4 is 17.8 Å². The maximum absolute atomic E-state index is 14.3. The lowest BCUT2D eigenvalue weighted by Crippen LogP contribution is -2.67. The lowest BCUT2D eigenvalue weighted by Gasteiger charge is -2.54. The van der Waals surface area contributed by atoms with E-state index < -0.39 is 23.0 Å². The summed E-state index contributed by atoms with van der Waals surface area (Å²) in [6.45, 7) is 24.3. The zero-order chi connectivity index (χ0) is 34.4. The molecule has 0 spiro atoms. The fraction of sp³-hybridized carbons (Fsp3) is 0.919. The van der Waals surface area contributed by atoms with Gasteiger partial charge in [-0.25, -0.2) is 9.59 Å². The van der Waals surface area contributed by atoms with Gasteiger partial charge in [0.15, 0.2) is 0 Å². The van der Waals surface area contributed by atoms with Crippen molar-refractivity contribution in [3.05, 3.63) is 0 Å². The summed E-state index contributed by atoms with van der Waals surface area (Å²) in [4.78, 5) is 48.8.